The van der Waals surface area contributed by atoms with Crippen LogP contribution in [0.25, 0.3) is 0 Å². The Morgan fingerprint density at radius 2 is 2.14 bits per heavy atom. The van der Waals surface area contributed by atoms with Gasteiger partial charge in [-0.15, -0.1) is 0 Å². The van der Waals surface area contributed by atoms with Gasteiger partial charge in [0.15, 0.2) is 0 Å². The number of carbonyl (C=O) groups excluding carboxylic acids is 1. The molecule has 0 fully saturated rings. The first-order chi connectivity index (χ1) is 10.1. The zero-order valence-corrected chi connectivity index (χ0v) is 11.8. The van der Waals surface area contributed by atoms with Crippen LogP contribution in [0, 0.1) is 0 Å². The SMILES string of the molecule is CC(O)c1cccc(NC(=O)c2ccc3c(c2)CCO3)c1. The van der Waals surface area contributed by atoms with Crippen LogP contribution in [0.1, 0.15) is 34.5 Å². The maximum absolute atomic E-state index is 12.3. The van der Waals surface area contributed by atoms with E-state index in [1.807, 2.05) is 24.3 Å². The summed E-state index contributed by atoms with van der Waals surface area (Å²) in [5.74, 6) is 0.704. The van der Waals surface area contributed by atoms with Gasteiger partial charge in [-0.05, 0) is 48.4 Å². The highest BCUT2D eigenvalue weighted by Gasteiger charge is 2.15. The second-order valence-electron chi connectivity index (χ2n) is 5.18. The van der Waals surface area contributed by atoms with Crippen LogP contribution >= 0.6 is 0 Å². The van der Waals surface area contributed by atoms with E-state index in [0.29, 0.717) is 17.9 Å². The van der Waals surface area contributed by atoms with Gasteiger partial charge < -0.3 is 15.2 Å². The summed E-state index contributed by atoms with van der Waals surface area (Å²) in [5.41, 5.74) is 3.13. The number of amides is 1. The average Bonchev–Trinajstić information content (AvgIpc) is 2.94. The van der Waals surface area contributed by atoms with Crippen LogP contribution in [0.3, 0.4) is 0 Å². The number of hydrogen-bond donors (Lipinski definition) is 2. The summed E-state index contributed by atoms with van der Waals surface area (Å²) in [4.78, 5) is 12.3. The molecule has 2 aromatic carbocycles. The lowest BCUT2D eigenvalue weighted by Gasteiger charge is -2.09. The largest absolute Gasteiger partial charge is 0.493 e. The van der Waals surface area contributed by atoms with Gasteiger partial charge in [0.1, 0.15) is 5.75 Å². The third-order valence-corrected chi connectivity index (χ3v) is 3.58. The van der Waals surface area contributed by atoms with E-state index in [4.69, 9.17) is 4.74 Å². The topological polar surface area (TPSA) is 58.6 Å². The molecule has 0 aliphatic carbocycles. The maximum Gasteiger partial charge on any atom is 0.255 e. The summed E-state index contributed by atoms with van der Waals surface area (Å²) >= 11 is 0. The van der Waals surface area contributed by atoms with E-state index in [-0.39, 0.29) is 5.91 Å². The van der Waals surface area contributed by atoms with Crippen molar-refractivity contribution in [2.24, 2.45) is 0 Å². The summed E-state index contributed by atoms with van der Waals surface area (Å²) in [6.07, 6.45) is 0.285. The number of ether oxygens (including phenoxy) is 1. The van der Waals surface area contributed by atoms with Crippen LogP contribution in [0.4, 0.5) is 5.69 Å². The molecule has 4 heteroatoms. The van der Waals surface area contributed by atoms with Crippen molar-refractivity contribution >= 4 is 11.6 Å². The molecule has 0 radical (unpaired) electrons. The molecule has 2 N–H and O–H groups in total. The van der Waals surface area contributed by atoms with Gasteiger partial charge in [0.2, 0.25) is 0 Å². The molecule has 21 heavy (non-hydrogen) atoms. The number of aliphatic hydroxyl groups is 1. The van der Waals surface area contributed by atoms with E-state index in [0.717, 1.165) is 23.3 Å². The van der Waals surface area contributed by atoms with Crippen molar-refractivity contribution in [3.05, 3.63) is 59.2 Å². The quantitative estimate of drug-likeness (QED) is 0.910. The van der Waals surface area contributed by atoms with E-state index < -0.39 is 6.10 Å². The van der Waals surface area contributed by atoms with Crippen LogP contribution < -0.4 is 10.1 Å². The summed E-state index contributed by atoms with van der Waals surface area (Å²) < 4.78 is 5.43. The normalized spacial score (nSPS) is 14.2. The number of fused-ring (bicyclic) bond motifs is 1. The number of nitrogens with one attached hydrogen (secondary N) is 1. The van der Waals surface area contributed by atoms with E-state index in [9.17, 15) is 9.90 Å². The Hall–Kier alpha value is -2.33. The van der Waals surface area contributed by atoms with Crippen molar-refractivity contribution in [1.29, 1.82) is 0 Å². The number of anilines is 1. The first-order valence-electron chi connectivity index (χ1n) is 6.98. The van der Waals surface area contributed by atoms with Crippen molar-refractivity contribution in [1.82, 2.24) is 0 Å². The number of hydrogen-bond acceptors (Lipinski definition) is 3. The molecule has 0 saturated heterocycles. The predicted octanol–water partition coefficient (Wildman–Crippen LogP) is 2.93. The molecule has 1 aliphatic rings. The summed E-state index contributed by atoms with van der Waals surface area (Å²) in [7, 11) is 0. The fraction of sp³-hybridized carbons (Fsp3) is 0.235. The molecule has 108 valence electrons. The Morgan fingerprint density at radius 1 is 1.29 bits per heavy atom. The monoisotopic (exact) mass is 283 g/mol. The van der Waals surface area contributed by atoms with Crippen LogP contribution in [0.2, 0.25) is 0 Å². The van der Waals surface area contributed by atoms with Gasteiger partial charge in [-0.25, -0.2) is 0 Å². The summed E-state index contributed by atoms with van der Waals surface area (Å²) in [6.45, 7) is 2.37. The molecule has 1 amide bonds. The van der Waals surface area contributed by atoms with E-state index >= 15 is 0 Å². The van der Waals surface area contributed by atoms with Crippen molar-refractivity contribution in [3.63, 3.8) is 0 Å². The first kappa shape index (κ1) is 13.6. The highest BCUT2D eigenvalue weighted by atomic mass is 16.5. The Bertz CT molecular complexity index is 679. The molecule has 1 heterocycles. The van der Waals surface area contributed by atoms with E-state index in [1.165, 1.54) is 0 Å². The van der Waals surface area contributed by atoms with Crippen molar-refractivity contribution in [2.45, 2.75) is 19.4 Å². The molecule has 0 aromatic heterocycles. The van der Waals surface area contributed by atoms with Crippen LogP contribution in [-0.4, -0.2) is 17.6 Å². The number of carbonyl (C=O) groups is 1. The first-order valence-corrected chi connectivity index (χ1v) is 6.98. The highest BCUT2D eigenvalue weighted by Crippen LogP contribution is 2.26. The van der Waals surface area contributed by atoms with Gasteiger partial charge in [0, 0.05) is 17.7 Å². The molecule has 0 bridgehead atoms. The summed E-state index contributed by atoms with van der Waals surface area (Å²) in [5, 5.41) is 12.4. The van der Waals surface area contributed by atoms with E-state index in [1.54, 1.807) is 25.1 Å². The molecule has 4 nitrogen and oxygen atoms in total. The third kappa shape index (κ3) is 2.90. The molecular formula is C17H17NO3. The lowest BCUT2D eigenvalue weighted by molar-refractivity contribution is 0.102. The van der Waals surface area contributed by atoms with Gasteiger partial charge in [-0.3, -0.25) is 4.79 Å². The molecule has 1 unspecified atom stereocenters. The zero-order valence-electron chi connectivity index (χ0n) is 11.8. The number of aliphatic hydroxyl groups excluding tert-OH is 1. The van der Waals surface area contributed by atoms with Crippen molar-refractivity contribution in [3.8, 4) is 5.75 Å². The van der Waals surface area contributed by atoms with Crippen molar-refractivity contribution in [2.75, 3.05) is 11.9 Å². The van der Waals surface area contributed by atoms with Crippen LogP contribution in [0.15, 0.2) is 42.5 Å². The van der Waals surface area contributed by atoms with Gasteiger partial charge in [0.25, 0.3) is 5.91 Å². The minimum absolute atomic E-state index is 0.160. The highest BCUT2D eigenvalue weighted by molar-refractivity contribution is 6.04. The molecule has 3 rings (SSSR count). The maximum atomic E-state index is 12.3. The predicted molar refractivity (Wildman–Crippen MR) is 80.7 cm³/mol. The Labute approximate surface area is 123 Å². The molecule has 0 saturated carbocycles. The van der Waals surface area contributed by atoms with Crippen molar-refractivity contribution < 1.29 is 14.6 Å². The van der Waals surface area contributed by atoms with Gasteiger partial charge >= 0.3 is 0 Å². The lowest BCUT2D eigenvalue weighted by atomic mass is 10.1. The molecular weight excluding hydrogens is 266 g/mol. The molecule has 0 spiro atoms. The third-order valence-electron chi connectivity index (χ3n) is 3.58. The fourth-order valence-electron chi connectivity index (χ4n) is 2.41. The molecule has 2 aromatic rings. The summed E-state index contributed by atoms with van der Waals surface area (Å²) in [6, 6.07) is 12.7. The standard InChI is InChI=1S/C17H17NO3/c1-11(19)12-3-2-4-15(10-12)18-17(20)14-5-6-16-13(9-14)7-8-21-16/h2-6,9-11,19H,7-8H2,1H3,(H,18,20). The lowest BCUT2D eigenvalue weighted by Crippen LogP contribution is -2.12. The van der Waals surface area contributed by atoms with Crippen LogP contribution in [0.5, 0.6) is 5.75 Å². The second-order valence-corrected chi connectivity index (χ2v) is 5.18. The van der Waals surface area contributed by atoms with Gasteiger partial charge in [-0.1, -0.05) is 12.1 Å². The molecule has 1 aliphatic heterocycles. The smallest absolute Gasteiger partial charge is 0.255 e. The number of rotatable bonds is 3. The zero-order chi connectivity index (χ0) is 14.8. The Kier molecular flexibility index (Phi) is 3.62. The minimum Gasteiger partial charge on any atom is -0.493 e. The fourth-order valence-corrected chi connectivity index (χ4v) is 2.41. The number of benzene rings is 2. The van der Waals surface area contributed by atoms with Crippen LogP contribution in [-0.2, 0) is 6.42 Å². The Balaban J connectivity index is 1.78. The molecule has 1 atom stereocenters. The van der Waals surface area contributed by atoms with Gasteiger partial charge in [0.05, 0.1) is 12.7 Å². The average molecular weight is 283 g/mol. The Morgan fingerprint density at radius 3 is 2.95 bits per heavy atom. The van der Waals surface area contributed by atoms with Gasteiger partial charge in [-0.2, -0.15) is 0 Å². The van der Waals surface area contributed by atoms with E-state index in [2.05, 4.69) is 5.32 Å². The second kappa shape index (κ2) is 5.58. The minimum atomic E-state index is -0.556.